The predicted octanol–water partition coefficient (Wildman–Crippen LogP) is 0.854. The van der Waals surface area contributed by atoms with Gasteiger partial charge in [-0.1, -0.05) is 20.8 Å². The summed E-state index contributed by atoms with van der Waals surface area (Å²) in [6.45, 7) is 2.84. The van der Waals surface area contributed by atoms with Crippen LogP contribution in [0.4, 0.5) is 0 Å². The molecule has 0 aromatic rings. The highest BCUT2D eigenvalue weighted by Gasteiger charge is 2.23. The van der Waals surface area contributed by atoms with Gasteiger partial charge in [-0.05, 0) is 6.42 Å². The van der Waals surface area contributed by atoms with Crippen molar-refractivity contribution in [3.05, 3.63) is 12.2 Å². The van der Waals surface area contributed by atoms with E-state index in [4.69, 9.17) is 0 Å². The van der Waals surface area contributed by atoms with E-state index in [0.29, 0.717) is 6.54 Å². The maximum Gasteiger partial charge on any atom is 0.253 e. The molecule has 96 valence electrons. The Morgan fingerprint density at radius 2 is 1.88 bits per heavy atom. The van der Waals surface area contributed by atoms with Crippen LogP contribution in [0.25, 0.3) is 0 Å². The summed E-state index contributed by atoms with van der Waals surface area (Å²) in [4.78, 5) is 34.7. The Bertz CT molecular complexity index is 306. The third-order valence-corrected chi connectivity index (χ3v) is 2.32. The van der Waals surface area contributed by atoms with E-state index in [1.807, 2.05) is 6.92 Å². The van der Waals surface area contributed by atoms with Crippen LogP contribution in [0.2, 0.25) is 0 Å². The molecule has 0 unspecified atom stereocenters. The fourth-order valence-electron chi connectivity index (χ4n) is 1.36. The van der Waals surface area contributed by atoms with Gasteiger partial charge >= 0.3 is 0 Å². The number of carbonyl (C=O) groups is 3. The van der Waals surface area contributed by atoms with Crippen LogP contribution < -0.4 is 5.32 Å². The smallest absolute Gasteiger partial charge is 0.253 e. The van der Waals surface area contributed by atoms with E-state index in [2.05, 4.69) is 5.32 Å². The van der Waals surface area contributed by atoms with E-state index in [1.54, 1.807) is 0 Å². The minimum atomic E-state index is -0.341. The number of imide groups is 1. The molecule has 0 saturated heterocycles. The Labute approximate surface area is 102 Å². The van der Waals surface area contributed by atoms with Crippen LogP contribution in [0.15, 0.2) is 12.2 Å². The van der Waals surface area contributed by atoms with Crippen molar-refractivity contribution < 1.29 is 14.4 Å². The van der Waals surface area contributed by atoms with Gasteiger partial charge in [0.25, 0.3) is 11.8 Å². The normalized spacial score (nSPS) is 13.8. The predicted molar refractivity (Wildman–Crippen MR) is 65.1 cm³/mol. The summed E-state index contributed by atoms with van der Waals surface area (Å²) in [5.41, 5.74) is 0. The Hall–Kier alpha value is -1.65. The molecule has 0 spiro atoms. The maximum absolute atomic E-state index is 11.3. The number of rotatable bonds is 6. The van der Waals surface area contributed by atoms with Crippen molar-refractivity contribution in [3.8, 4) is 0 Å². The van der Waals surface area contributed by atoms with Gasteiger partial charge in [0.15, 0.2) is 0 Å². The molecule has 0 radical (unpaired) electrons. The van der Waals surface area contributed by atoms with E-state index < -0.39 is 0 Å². The monoisotopic (exact) mass is 240 g/mol. The summed E-state index contributed by atoms with van der Waals surface area (Å²) in [6, 6.07) is 0. The molecule has 1 N–H and O–H groups in total. The van der Waals surface area contributed by atoms with Crippen molar-refractivity contribution in [1.29, 1.82) is 0 Å². The van der Waals surface area contributed by atoms with E-state index >= 15 is 0 Å². The van der Waals surface area contributed by atoms with Crippen LogP contribution >= 0.6 is 0 Å². The summed E-state index contributed by atoms with van der Waals surface area (Å²) in [5.74, 6) is -0.807. The third-order valence-electron chi connectivity index (χ3n) is 2.32. The molecule has 17 heavy (non-hydrogen) atoms. The molecular formula is C12H20N2O3. The van der Waals surface area contributed by atoms with Gasteiger partial charge < -0.3 is 5.32 Å². The SMILES string of the molecule is C.CCCCNC(=O)CCN1C(=O)C=CC1=O. The van der Waals surface area contributed by atoms with Crippen molar-refractivity contribution in [1.82, 2.24) is 10.2 Å². The highest BCUT2D eigenvalue weighted by atomic mass is 16.2. The van der Waals surface area contributed by atoms with E-state index in [9.17, 15) is 14.4 Å². The topological polar surface area (TPSA) is 66.5 Å². The highest BCUT2D eigenvalue weighted by Crippen LogP contribution is 2.03. The van der Waals surface area contributed by atoms with Crippen LogP contribution in [-0.2, 0) is 14.4 Å². The van der Waals surface area contributed by atoms with Crippen molar-refractivity contribution in [2.45, 2.75) is 33.6 Å². The number of hydrogen-bond acceptors (Lipinski definition) is 3. The van der Waals surface area contributed by atoms with Crippen LogP contribution in [0.3, 0.4) is 0 Å². The molecular weight excluding hydrogens is 220 g/mol. The van der Waals surface area contributed by atoms with Crippen LogP contribution in [0.1, 0.15) is 33.6 Å². The minimum Gasteiger partial charge on any atom is -0.356 e. The average molecular weight is 240 g/mol. The first kappa shape index (κ1) is 15.3. The summed E-state index contributed by atoms with van der Waals surface area (Å²) in [6.07, 6.45) is 4.57. The lowest BCUT2D eigenvalue weighted by Gasteiger charge is -2.13. The van der Waals surface area contributed by atoms with Crippen molar-refractivity contribution in [2.24, 2.45) is 0 Å². The Morgan fingerprint density at radius 3 is 2.41 bits per heavy atom. The molecule has 0 aromatic carbocycles. The Kier molecular flexibility index (Phi) is 6.86. The molecule has 1 heterocycles. The number of hydrogen-bond donors (Lipinski definition) is 1. The quantitative estimate of drug-likeness (QED) is 0.553. The van der Waals surface area contributed by atoms with Gasteiger partial charge in [-0.15, -0.1) is 0 Å². The largest absolute Gasteiger partial charge is 0.356 e. The molecule has 5 nitrogen and oxygen atoms in total. The summed E-state index contributed by atoms with van der Waals surface area (Å²) in [7, 11) is 0. The molecule has 1 rings (SSSR count). The fraction of sp³-hybridized carbons (Fsp3) is 0.583. The summed E-state index contributed by atoms with van der Waals surface area (Å²) >= 11 is 0. The first-order valence-corrected chi connectivity index (χ1v) is 5.45. The van der Waals surface area contributed by atoms with Gasteiger partial charge in [-0.2, -0.15) is 0 Å². The second-order valence-corrected chi connectivity index (χ2v) is 3.61. The Balaban J connectivity index is 0.00000256. The highest BCUT2D eigenvalue weighted by molar-refractivity contribution is 6.13. The van der Waals surface area contributed by atoms with Gasteiger partial charge in [0, 0.05) is 31.7 Å². The molecule has 5 heteroatoms. The second-order valence-electron chi connectivity index (χ2n) is 3.61. The van der Waals surface area contributed by atoms with Crippen LogP contribution in [-0.4, -0.2) is 35.7 Å². The number of amides is 3. The summed E-state index contributed by atoms with van der Waals surface area (Å²) < 4.78 is 0. The fourth-order valence-corrected chi connectivity index (χ4v) is 1.36. The van der Waals surface area contributed by atoms with Gasteiger partial charge in [0.2, 0.25) is 5.91 Å². The average Bonchev–Trinajstić information content (AvgIpc) is 2.57. The van der Waals surface area contributed by atoms with E-state index in [0.717, 1.165) is 17.7 Å². The van der Waals surface area contributed by atoms with Crippen molar-refractivity contribution in [3.63, 3.8) is 0 Å². The third kappa shape index (κ3) is 4.80. The van der Waals surface area contributed by atoms with Gasteiger partial charge in [-0.3, -0.25) is 19.3 Å². The van der Waals surface area contributed by atoms with Gasteiger partial charge in [0.05, 0.1) is 0 Å². The molecule has 3 amide bonds. The summed E-state index contributed by atoms with van der Waals surface area (Å²) in [5, 5.41) is 2.73. The zero-order chi connectivity index (χ0) is 12.0. The number of nitrogens with zero attached hydrogens (tertiary/aromatic N) is 1. The van der Waals surface area contributed by atoms with Gasteiger partial charge in [-0.25, -0.2) is 0 Å². The second kappa shape index (κ2) is 7.60. The van der Waals surface area contributed by atoms with Crippen molar-refractivity contribution in [2.75, 3.05) is 13.1 Å². The van der Waals surface area contributed by atoms with Crippen LogP contribution in [0, 0.1) is 0 Å². The lowest BCUT2D eigenvalue weighted by Crippen LogP contribution is -2.34. The molecule has 0 aromatic heterocycles. The van der Waals surface area contributed by atoms with Crippen molar-refractivity contribution >= 4 is 17.7 Å². The number of carbonyl (C=O) groups excluding carboxylic acids is 3. The molecule has 0 atom stereocenters. The molecule has 0 saturated carbocycles. The van der Waals surface area contributed by atoms with E-state index in [-0.39, 0.29) is 38.1 Å². The zero-order valence-corrected chi connectivity index (χ0v) is 9.36. The zero-order valence-electron chi connectivity index (χ0n) is 9.36. The standard InChI is InChI=1S/C11H16N2O3.CH4/c1-2-3-7-12-9(14)6-8-13-10(15)4-5-11(13)16;/h4-5H,2-3,6-8H2,1H3,(H,12,14);1H4. The molecule has 1 aliphatic heterocycles. The van der Waals surface area contributed by atoms with Gasteiger partial charge in [0.1, 0.15) is 0 Å². The van der Waals surface area contributed by atoms with Crippen LogP contribution in [0.5, 0.6) is 0 Å². The minimum absolute atomic E-state index is 0. The lowest BCUT2D eigenvalue weighted by atomic mass is 10.3. The first-order chi connectivity index (χ1) is 7.65. The maximum atomic E-state index is 11.3. The number of unbranched alkanes of at least 4 members (excludes halogenated alkanes) is 1. The number of nitrogens with one attached hydrogen (secondary N) is 1. The molecule has 0 fully saturated rings. The molecule has 0 bridgehead atoms. The first-order valence-electron chi connectivity index (χ1n) is 5.45. The molecule has 0 aliphatic carbocycles. The van der Waals surface area contributed by atoms with E-state index in [1.165, 1.54) is 12.2 Å². The Morgan fingerprint density at radius 1 is 1.29 bits per heavy atom. The lowest BCUT2D eigenvalue weighted by molar-refractivity contribution is -0.137. The molecule has 1 aliphatic rings.